The lowest BCUT2D eigenvalue weighted by Crippen LogP contribution is -2.46. The van der Waals surface area contributed by atoms with Crippen molar-refractivity contribution in [2.24, 2.45) is 5.92 Å². The van der Waals surface area contributed by atoms with Gasteiger partial charge in [-0.25, -0.2) is 0 Å². The number of aliphatic hydroxyl groups is 1. The maximum Gasteiger partial charge on any atom is 0.322 e. The molecule has 150 valence electrons. The van der Waals surface area contributed by atoms with E-state index in [2.05, 4.69) is 19.8 Å². The number of rotatable bonds is 4. The first kappa shape index (κ1) is 18.7. The second-order valence-electron chi connectivity index (χ2n) is 7.82. The molecule has 1 aromatic rings. The van der Waals surface area contributed by atoms with Gasteiger partial charge in [0.05, 0.1) is 19.8 Å². The van der Waals surface area contributed by atoms with Crippen molar-refractivity contribution in [3.8, 4) is 6.01 Å². The van der Waals surface area contributed by atoms with Gasteiger partial charge in [-0.15, -0.1) is 0 Å². The van der Waals surface area contributed by atoms with E-state index in [1.165, 1.54) is 25.7 Å². The first-order chi connectivity index (χ1) is 13.3. The van der Waals surface area contributed by atoms with Crippen LogP contribution in [0.25, 0.3) is 0 Å². The van der Waals surface area contributed by atoms with Crippen LogP contribution in [0.2, 0.25) is 0 Å². The molecule has 3 atom stereocenters. The van der Waals surface area contributed by atoms with Gasteiger partial charge in [-0.2, -0.15) is 15.0 Å². The van der Waals surface area contributed by atoms with Gasteiger partial charge in [0.15, 0.2) is 0 Å². The molecule has 1 aromatic heterocycles. The molecule has 8 nitrogen and oxygen atoms in total. The molecule has 8 heteroatoms. The summed E-state index contributed by atoms with van der Waals surface area (Å²) in [6.45, 7) is 4.09. The zero-order chi connectivity index (χ0) is 18.6. The minimum atomic E-state index is -0.321. The van der Waals surface area contributed by atoms with E-state index in [-0.39, 0.29) is 18.1 Å². The van der Waals surface area contributed by atoms with Gasteiger partial charge in [0.25, 0.3) is 0 Å². The van der Waals surface area contributed by atoms with E-state index in [9.17, 15) is 5.11 Å². The molecule has 0 spiro atoms. The smallest absolute Gasteiger partial charge is 0.322 e. The van der Waals surface area contributed by atoms with Gasteiger partial charge < -0.3 is 24.4 Å². The van der Waals surface area contributed by atoms with Gasteiger partial charge in [-0.05, 0) is 32.1 Å². The molecule has 1 N–H and O–H groups in total. The average Bonchev–Trinajstić information content (AvgIpc) is 3.02. The summed E-state index contributed by atoms with van der Waals surface area (Å²) in [4.78, 5) is 18.4. The Morgan fingerprint density at radius 2 is 1.74 bits per heavy atom. The Morgan fingerprint density at radius 3 is 2.48 bits per heavy atom. The molecule has 0 aliphatic carbocycles. The second-order valence-corrected chi connectivity index (χ2v) is 7.82. The molecule has 27 heavy (non-hydrogen) atoms. The number of methoxy groups -OCH3 is 1. The predicted octanol–water partition coefficient (Wildman–Crippen LogP) is 1.63. The Kier molecular flexibility index (Phi) is 5.92. The van der Waals surface area contributed by atoms with Crippen LogP contribution in [0.3, 0.4) is 0 Å². The number of hydrogen-bond donors (Lipinski definition) is 1. The molecule has 0 radical (unpaired) electrons. The highest BCUT2D eigenvalue weighted by Gasteiger charge is 2.39. The normalized spacial score (nSPS) is 29.6. The number of anilines is 2. The Balaban J connectivity index is 1.60. The van der Waals surface area contributed by atoms with Gasteiger partial charge in [-0.3, -0.25) is 0 Å². The van der Waals surface area contributed by atoms with Crippen LogP contribution >= 0.6 is 0 Å². The Bertz CT molecular complexity index is 623. The van der Waals surface area contributed by atoms with Gasteiger partial charge in [0, 0.05) is 38.2 Å². The van der Waals surface area contributed by atoms with Crippen LogP contribution in [0.4, 0.5) is 11.9 Å². The number of aliphatic hydroxyl groups excluding tert-OH is 1. The van der Waals surface area contributed by atoms with Gasteiger partial charge >= 0.3 is 6.01 Å². The van der Waals surface area contributed by atoms with Crippen LogP contribution in [0, 0.1) is 5.92 Å². The lowest BCUT2D eigenvalue weighted by Gasteiger charge is -2.37. The highest BCUT2D eigenvalue weighted by molar-refractivity contribution is 5.42. The molecule has 0 bridgehead atoms. The van der Waals surface area contributed by atoms with Crippen LogP contribution in [-0.2, 0) is 4.74 Å². The van der Waals surface area contributed by atoms with Gasteiger partial charge in [-0.1, -0.05) is 12.8 Å². The number of ether oxygens (including phenoxy) is 2. The van der Waals surface area contributed by atoms with Crippen LogP contribution in [0.15, 0.2) is 0 Å². The van der Waals surface area contributed by atoms with E-state index in [1.54, 1.807) is 7.11 Å². The summed E-state index contributed by atoms with van der Waals surface area (Å²) >= 11 is 0. The molecular weight excluding hydrogens is 346 g/mol. The first-order valence-corrected chi connectivity index (χ1v) is 10.3. The minimum absolute atomic E-state index is 0.102. The number of nitrogens with zero attached hydrogens (tertiary/aromatic N) is 5. The van der Waals surface area contributed by atoms with Crippen molar-refractivity contribution in [3.05, 3.63) is 0 Å². The summed E-state index contributed by atoms with van der Waals surface area (Å²) in [5.41, 5.74) is 0. The topological polar surface area (TPSA) is 83.8 Å². The van der Waals surface area contributed by atoms with Gasteiger partial charge in [0.1, 0.15) is 0 Å². The Hall–Kier alpha value is -1.67. The van der Waals surface area contributed by atoms with E-state index >= 15 is 0 Å². The summed E-state index contributed by atoms with van der Waals surface area (Å²) in [7, 11) is 1.60. The van der Waals surface area contributed by atoms with Crippen molar-refractivity contribution in [2.45, 2.75) is 57.1 Å². The predicted molar refractivity (Wildman–Crippen MR) is 102 cm³/mol. The molecule has 3 fully saturated rings. The monoisotopic (exact) mass is 377 g/mol. The van der Waals surface area contributed by atoms with Crippen LogP contribution in [0.1, 0.15) is 44.9 Å². The Morgan fingerprint density at radius 1 is 0.963 bits per heavy atom. The van der Waals surface area contributed by atoms with Crippen molar-refractivity contribution in [1.29, 1.82) is 0 Å². The molecule has 3 aliphatic heterocycles. The SMILES string of the molecule is COc1nc(N2CCCCCC2)nc(N2CCCC2C2COCCC2O)n1. The summed E-state index contributed by atoms with van der Waals surface area (Å²) in [5, 5.41) is 10.5. The van der Waals surface area contributed by atoms with Gasteiger partial charge in [0.2, 0.25) is 11.9 Å². The maximum absolute atomic E-state index is 10.5. The highest BCUT2D eigenvalue weighted by atomic mass is 16.5. The average molecular weight is 377 g/mol. The van der Waals surface area contributed by atoms with E-state index < -0.39 is 0 Å². The Labute approximate surface area is 160 Å². The lowest BCUT2D eigenvalue weighted by atomic mass is 9.89. The van der Waals surface area contributed by atoms with Crippen LogP contribution in [0.5, 0.6) is 6.01 Å². The van der Waals surface area contributed by atoms with Crippen LogP contribution in [-0.4, -0.2) is 72.2 Å². The fraction of sp³-hybridized carbons (Fsp3) is 0.842. The molecule has 0 amide bonds. The number of aromatic nitrogens is 3. The highest BCUT2D eigenvalue weighted by Crippen LogP contribution is 2.33. The standard InChI is InChI=1S/C19H31N5O3/c1-26-19-21-17(23-9-4-2-3-5-10-23)20-18(22-19)24-11-6-7-15(24)14-13-27-12-8-16(14)25/h14-16,25H,2-13H2,1H3. The second kappa shape index (κ2) is 8.56. The van der Waals surface area contributed by atoms with Crippen LogP contribution < -0.4 is 14.5 Å². The van der Waals surface area contributed by atoms with Crippen molar-refractivity contribution >= 4 is 11.9 Å². The maximum atomic E-state index is 10.5. The third kappa shape index (κ3) is 4.11. The molecule has 3 saturated heterocycles. The quantitative estimate of drug-likeness (QED) is 0.848. The molecule has 0 aromatic carbocycles. The minimum Gasteiger partial charge on any atom is -0.467 e. The summed E-state index contributed by atoms with van der Waals surface area (Å²) in [6, 6.07) is 0.565. The van der Waals surface area contributed by atoms with E-state index in [4.69, 9.17) is 14.5 Å². The van der Waals surface area contributed by atoms with Crippen molar-refractivity contribution < 1.29 is 14.6 Å². The molecule has 0 saturated carbocycles. The first-order valence-electron chi connectivity index (χ1n) is 10.3. The lowest BCUT2D eigenvalue weighted by molar-refractivity contribution is -0.0439. The molecule has 3 aliphatic rings. The third-order valence-electron chi connectivity index (χ3n) is 6.08. The summed E-state index contributed by atoms with van der Waals surface area (Å²) in [6.07, 6.45) is 7.34. The van der Waals surface area contributed by atoms with Crippen molar-refractivity contribution in [3.63, 3.8) is 0 Å². The van der Waals surface area contributed by atoms with E-state index in [0.717, 1.165) is 32.5 Å². The zero-order valence-corrected chi connectivity index (χ0v) is 16.2. The van der Waals surface area contributed by atoms with Crippen molar-refractivity contribution in [2.75, 3.05) is 49.8 Å². The fourth-order valence-corrected chi connectivity index (χ4v) is 4.57. The number of hydrogen-bond acceptors (Lipinski definition) is 8. The fourth-order valence-electron chi connectivity index (χ4n) is 4.57. The molecular formula is C19H31N5O3. The summed E-state index contributed by atoms with van der Waals surface area (Å²) in [5.74, 6) is 1.48. The van der Waals surface area contributed by atoms with E-state index in [0.29, 0.717) is 37.5 Å². The molecule has 3 unspecified atom stereocenters. The summed E-state index contributed by atoms with van der Waals surface area (Å²) < 4.78 is 11.0. The van der Waals surface area contributed by atoms with E-state index in [1.807, 2.05) is 0 Å². The third-order valence-corrected chi connectivity index (χ3v) is 6.08. The molecule has 4 heterocycles. The zero-order valence-electron chi connectivity index (χ0n) is 16.2. The largest absolute Gasteiger partial charge is 0.467 e. The van der Waals surface area contributed by atoms with Crippen molar-refractivity contribution in [1.82, 2.24) is 15.0 Å². The molecule has 4 rings (SSSR count).